The number of piperidine rings is 1. The number of sulfonamides is 1. The van der Waals surface area contributed by atoms with Crippen molar-refractivity contribution in [3.8, 4) is 0 Å². The highest BCUT2D eigenvalue weighted by Gasteiger charge is 2.16. The summed E-state index contributed by atoms with van der Waals surface area (Å²) < 4.78 is 27.1. The molecule has 0 amide bonds. The highest BCUT2D eigenvalue weighted by Crippen LogP contribution is 2.24. The maximum atomic E-state index is 12.2. The van der Waals surface area contributed by atoms with Crippen LogP contribution in [0, 0.1) is 0 Å². The van der Waals surface area contributed by atoms with E-state index in [1.165, 1.54) is 31.4 Å². The number of thiazole rings is 1. The van der Waals surface area contributed by atoms with Crippen LogP contribution in [0.25, 0.3) is 0 Å². The van der Waals surface area contributed by atoms with Crippen LogP contribution in [0.15, 0.2) is 34.5 Å². The Hall–Kier alpha value is -1.15. The topological polar surface area (TPSA) is 62.3 Å². The molecule has 24 heavy (non-hydrogen) atoms. The molecule has 2 aromatic rings. The molecular weight excluding hydrogens is 366 g/mol. The van der Waals surface area contributed by atoms with Crippen molar-refractivity contribution in [2.24, 2.45) is 0 Å². The predicted molar refractivity (Wildman–Crippen MR) is 98.5 cm³/mol. The van der Waals surface area contributed by atoms with Crippen LogP contribution < -0.4 is 9.62 Å². The molecule has 1 saturated heterocycles. The summed E-state index contributed by atoms with van der Waals surface area (Å²) in [7, 11) is -3.54. The molecule has 1 N–H and O–H groups in total. The van der Waals surface area contributed by atoms with E-state index in [2.05, 4.69) is 14.6 Å². The molecule has 3 rings (SSSR count). The monoisotopic (exact) mass is 385 g/mol. The highest BCUT2D eigenvalue weighted by atomic mass is 35.5. The van der Waals surface area contributed by atoms with Crippen LogP contribution in [0.3, 0.4) is 0 Å². The molecule has 1 aliphatic heterocycles. The first kappa shape index (κ1) is 17.7. The number of aromatic nitrogens is 1. The zero-order valence-electron chi connectivity index (χ0n) is 13.2. The van der Waals surface area contributed by atoms with E-state index < -0.39 is 10.0 Å². The Labute approximate surface area is 151 Å². The number of nitrogens with zero attached hydrogens (tertiary/aromatic N) is 2. The quantitative estimate of drug-likeness (QED) is 0.828. The van der Waals surface area contributed by atoms with Crippen LogP contribution in [-0.2, 0) is 16.4 Å². The van der Waals surface area contributed by atoms with E-state index in [1.54, 1.807) is 23.5 Å². The average Bonchev–Trinajstić information content (AvgIpc) is 3.04. The van der Waals surface area contributed by atoms with E-state index in [9.17, 15) is 8.42 Å². The molecule has 0 saturated carbocycles. The summed E-state index contributed by atoms with van der Waals surface area (Å²) in [5.74, 6) is 0. The van der Waals surface area contributed by atoms with Crippen LogP contribution in [0.5, 0.6) is 0 Å². The third-order valence-corrected chi connectivity index (χ3v) is 6.59. The van der Waals surface area contributed by atoms with E-state index in [4.69, 9.17) is 11.6 Å². The van der Waals surface area contributed by atoms with E-state index in [0.29, 0.717) is 18.0 Å². The molecular formula is C16H20ClN3O2S2. The Balaban J connectivity index is 1.55. The van der Waals surface area contributed by atoms with E-state index in [-0.39, 0.29) is 4.90 Å². The van der Waals surface area contributed by atoms with Crippen molar-refractivity contribution >= 4 is 38.1 Å². The average molecular weight is 386 g/mol. The number of hydrogen-bond donors (Lipinski definition) is 1. The van der Waals surface area contributed by atoms with Gasteiger partial charge in [-0.25, -0.2) is 18.1 Å². The minimum Gasteiger partial charge on any atom is -0.348 e. The zero-order chi connectivity index (χ0) is 17.0. The van der Waals surface area contributed by atoms with Crippen LogP contribution in [0.2, 0.25) is 5.02 Å². The Bertz CT molecular complexity index is 786. The van der Waals surface area contributed by atoms with E-state index >= 15 is 0 Å². The normalized spacial score (nSPS) is 15.6. The molecule has 2 heterocycles. The molecule has 0 unspecified atom stereocenters. The van der Waals surface area contributed by atoms with E-state index in [0.717, 1.165) is 23.9 Å². The second-order valence-corrected chi connectivity index (χ2v) is 8.81. The van der Waals surface area contributed by atoms with Crippen LogP contribution >= 0.6 is 22.9 Å². The SMILES string of the molecule is O=S(=O)(NCCc1csc(N2CCCCC2)n1)c1cccc(Cl)c1. The summed E-state index contributed by atoms with van der Waals surface area (Å²) >= 11 is 7.48. The molecule has 5 nitrogen and oxygen atoms in total. The van der Waals surface area contributed by atoms with Crippen LogP contribution in [-0.4, -0.2) is 33.0 Å². The second-order valence-electron chi connectivity index (χ2n) is 5.77. The number of anilines is 1. The summed E-state index contributed by atoms with van der Waals surface area (Å²) in [6.45, 7) is 2.45. The lowest BCUT2D eigenvalue weighted by atomic mass is 10.1. The smallest absolute Gasteiger partial charge is 0.240 e. The summed E-state index contributed by atoms with van der Waals surface area (Å²) in [4.78, 5) is 7.12. The molecule has 0 atom stereocenters. The Morgan fingerprint density at radius 2 is 2.04 bits per heavy atom. The Kier molecular flexibility index (Phi) is 5.76. The van der Waals surface area contributed by atoms with Crippen LogP contribution in [0.4, 0.5) is 5.13 Å². The maximum Gasteiger partial charge on any atom is 0.240 e. The number of benzene rings is 1. The van der Waals surface area contributed by atoms with Crippen molar-refractivity contribution in [1.29, 1.82) is 0 Å². The maximum absolute atomic E-state index is 12.2. The summed E-state index contributed by atoms with van der Waals surface area (Å²) in [5, 5.41) is 3.46. The Morgan fingerprint density at radius 1 is 1.25 bits per heavy atom. The zero-order valence-corrected chi connectivity index (χ0v) is 15.6. The molecule has 1 aromatic carbocycles. The minimum atomic E-state index is -3.54. The molecule has 1 aliphatic rings. The second kappa shape index (κ2) is 7.82. The van der Waals surface area contributed by atoms with Gasteiger partial charge in [-0.15, -0.1) is 11.3 Å². The van der Waals surface area contributed by atoms with Gasteiger partial charge >= 0.3 is 0 Å². The largest absolute Gasteiger partial charge is 0.348 e. The molecule has 0 spiro atoms. The first-order valence-corrected chi connectivity index (χ1v) is 10.7. The van der Waals surface area contributed by atoms with Crippen LogP contribution in [0.1, 0.15) is 25.0 Å². The molecule has 1 fully saturated rings. The predicted octanol–water partition coefficient (Wildman–Crippen LogP) is 3.31. The first-order chi connectivity index (χ1) is 11.5. The molecule has 130 valence electrons. The first-order valence-electron chi connectivity index (χ1n) is 7.99. The summed E-state index contributed by atoms with van der Waals surface area (Å²) in [6, 6.07) is 6.26. The van der Waals surface area contributed by atoms with Gasteiger partial charge in [-0.3, -0.25) is 0 Å². The highest BCUT2D eigenvalue weighted by molar-refractivity contribution is 7.89. The number of hydrogen-bond acceptors (Lipinski definition) is 5. The lowest BCUT2D eigenvalue weighted by Gasteiger charge is -2.25. The molecule has 0 bridgehead atoms. The fourth-order valence-electron chi connectivity index (χ4n) is 2.67. The van der Waals surface area contributed by atoms with Gasteiger partial charge in [0.05, 0.1) is 10.6 Å². The number of halogens is 1. The third-order valence-electron chi connectivity index (χ3n) is 3.95. The van der Waals surface area contributed by atoms with Crippen molar-refractivity contribution in [3.05, 3.63) is 40.4 Å². The van der Waals surface area contributed by atoms with Crippen molar-refractivity contribution in [1.82, 2.24) is 9.71 Å². The number of nitrogens with one attached hydrogen (secondary N) is 1. The fraction of sp³-hybridized carbons (Fsp3) is 0.438. The van der Waals surface area contributed by atoms with Gasteiger partial charge in [0.25, 0.3) is 0 Å². The van der Waals surface area contributed by atoms with Crippen molar-refractivity contribution in [2.45, 2.75) is 30.6 Å². The standard InChI is InChI=1S/C16H20ClN3O2S2/c17-13-5-4-6-15(11-13)24(21,22)18-8-7-14-12-23-16(19-14)20-9-2-1-3-10-20/h4-6,11-12,18H,1-3,7-10H2. The molecule has 1 aromatic heterocycles. The third kappa shape index (κ3) is 4.47. The van der Waals surface area contributed by atoms with E-state index in [1.807, 2.05) is 5.38 Å². The van der Waals surface area contributed by atoms with Gasteiger partial charge in [-0.05, 0) is 37.5 Å². The summed E-state index contributed by atoms with van der Waals surface area (Å²) in [5.41, 5.74) is 0.925. The van der Waals surface area contributed by atoms with Gasteiger partial charge in [-0.1, -0.05) is 17.7 Å². The van der Waals surface area contributed by atoms with Crippen molar-refractivity contribution in [3.63, 3.8) is 0 Å². The lowest BCUT2D eigenvalue weighted by Crippen LogP contribution is -2.29. The summed E-state index contributed by atoms with van der Waals surface area (Å²) in [6.07, 6.45) is 4.30. The molecule has 0 aliphatic carbocycles. The lowest BCUT2D eigenvalue weighted by molar-refractivity contribution is 0.575. The van der Waals surface area contributed by atoms with Gasteiger partial charge in [0.1, 0.15) is 0 Å². The fourth-order valence-corrected chi connectivity index (χ4v) is 4.92. The van der Waals surface area contributed by atoms with Gasteiger partial charge < -0.3 is 4.90 Å². The molecule has 0 radical (unpaired) electrons. The van der Waals surface area contributed by atoms with Gasteiger partial charge in [0.2, 0.25) is 10.0 Å². The molecule has 8 heteroatoms. The minimum absolute atomic E-state index is 0.183. The Morgan fingerprint density at radius 3 is 2.79 bits per heavy atom. The van der Waals surface area contributed by atoms with Gasteiger partial charge in [-0.2, -0.15) is 0 Å². The van der Waals surface area contributed by atoms with Crippen molar-refractivity contribution < 1.29 is 8.42 Å². The van der Waals surface area contributed by atoms with Crippen molar-refractivity contribution in [2.75, 3.05) is 24.5 Å². The van der Waals surface area contributed by atoms with Gasteiger partial charge in [0.15, 0.2) is 5.13 Å². The number of rotatable bonds is 6. The van der Waals surface area contributed by atoms with Gasteiger partial charge in [0, 0.05) is 36.5 Å².